The monoisotopic (exact) mass is 454 g/mol. The fraction of sp³-hybridized carbons (Fsp3) is 0.222. The quantitative estimate of drug-likeness (QED) is 0.426. The first-order chi connectivity index (χ1) is 14.4. The lowest BCUT2D eigenvalue weighted by molar-refractivity contribution is -0.153. The molecule has 12 heteroatoms. The van der Waals surface area contributed by atoms with Gasteiger partial charge in [0.1, 0.15) is 5.75 Å². The highest BCUT2D eigenvalue weighted by atomic mass is 32.1. The number of aryl methyl sites for hydroxylation is 1. The lowest BCUT2D eigenvalue weighted by Gasteiger charge is -2.08. The second-order valence-electron chi connectivity index (χ2n) is 6.09. The van der Waals surface area contributed by atoms with E-state index in [1.807, 2.05) is 17.5 Å². The van der Waals surface area contributed by atoms with Crippen molar-refractivity contribution in [3.05, 3.63) is 41.6 Å². The predicted octanol–water partition coefficient (Wildman–Crippen LogP) is 4.92. The van der Waals surface area contributed by atoms with E-state index in [4.69, 9.17) is 9.26 Å². The molecule has 7 nitrogen and oxygen atoms in total. The van der Waals surface area contributed by atoms with Crippen molar-refractivity contribution in [3.8, 4) is 16.5 Å². The van der Waals surface area contributed by atoms with E-state index in [-0.39, 0.29) is 24.5 Å². The van der Waals surface area contributed by atoms with Gasteiger partial charge in [-0.2, -0.15) is 18.2 Å². The number of benzene rings is 1. The average Bonchev–Trinajstić information content (AvgIpc) is 3.43. The third-order valence-electron chi connectivity index (χ3n) is 3.78. The van der Waals surface area contributed by atoms with Gasteiger partial charge in [0.15, 0.2) is 11.7 Å². The Morgan fingerprint density at radius 2 is 2.10 bits per heavy atom. The van der Waals surface area contributed by atoms with Crippen molar-refractivity contribution < 1.29 is 27.2 Å². The molecule has 0 fully saturated rings. The van der Waals surface area contributed by atoms with Crippen molar-refractivity contribution in [1.82, 2.24) is 15.1 Å². The van der Waals surface area contributed by atoms with E-state index in [1.165, 1.54) is 29.5 Å². The number of ether oxygens (including phenoxy) is 1. The number of carbonyl (C=O) groups excluding carboxylic acids is 1. The van der Waals surface area contributed by atoms with E-state index in [0.29, 0.717) is 27.1 Å². The second kappa shape index (κ2) is 8.40. The molecule has 1 N–H and O–H groups in total. The zero-order valence-corrected chi connectivity index (χ0v) is 16.7. The Bertz CT molecular complexity index is 1160. The number of anilines is 1. The summed E-state index contributed by atoms with van der Waals surface area (Å²) in [6.07, 6.45) is -4.03. The van der Waals surface area contributed by atoms with Crippen molar-refractivity contribution >= 4 is 43.9 Å². The zero-order valence-electron chi connectivity index (χ0n) is 15.1. The van der Waals surface area contributed by atoms with Gasteiger partial charge in [-0.15, -0.1) is 11.3 Å². The molecule has 0 bridgehead atoms. The first kappa shape index (κ1) is 20.3. The van der Waals surface area contributed by atoms with E-state index in [9.17, 15) is 18.0 Å². The number of nitrogens with zero attached hydrogens (tertiary/aromatic N) is 3. The summed E-state index contributed by atoms with van der Waals surface area (Å²) in [5, 5.41) is 8.80. The summed E-state index contributed by atoms with van der Waals surface area (Å²) in [4.78, 5) is 21.6. The van der Waals surface area contributed by atoms with Crippen LogP contribution in [0.1, 0.15) is 12.3 Å². The number of hydrogen-bond donors (Lipinski definition) is 1. The Kier molecular flexibility index (Phi) is 5.68. The molecule has 3 aromatic heterocycles. The van der Waals surface area contributed by atoms with Gasteiger partial charge in [-0.25, -0.2) is 4.98 Å². The second-order valence-corrected chi connectivity index (χ2v) is 8.07. The highest BCUT2D eigenvalue weighted by Crippen LogP contribution is 2.30. The van der Waals surface area contributed by atoms with Gasteiger partial charge in [0.2, 0.25) is 17.6 Å². The summed E-state index contributed by atoms with van der Waals surface area (Å²) in [6, 6.07) is 8.16. The Labute approximate surface area is 175 Å². The normalized spacial score (nSPS) is 11.7. The number of aromatic nitrogens is 3. The number of rotatable bonds is 7. The van der Waals surface area contributed by atoms with Crippen LogP contribution < -0.4 is 10.1 Å². The van der Waals surface area contributed by atoms with E-state index in [1.54, 1.807) is 0 Å². The molecule has 30 heavy (non-hydrogen) atoms. The highest BCUT2D eigenvalue weighted by Gasteiger charge is 2.28. The maximum absolute atomic E-state index is 12.3. The number of thiophene rings is 1. The van der Waals surface area contributed by atoms with Gasteiger partial charge < -0.3 is 14.6 Å². The first-order valence-corrected chi connectivity index (χ1v) is 10.3. The summed E-state index contributed by atoms with van der Waals surface area (Å²) < 4.78 is 47.3. The van der Waals surface area contributed by atoms with Gasteiger partial charge >= 0.3 is 6.18 Å². The smallest absolute Gasteiger partial charge is 0.422 e. The van der Waals surface area contributed by atoms with Gasteiger partial charge in [-0.05, 0) is 29.6 Å². The Balaban J connectivity index is 1.34. The Morgan fingerprint density at radius 1 is 1.23 bits per heavy atom. The van der Waals surface area contributed by atoms with E-state index in [2.05, 4.69) is 20.4 Å². The van der Waals surface area contributed by atoms with E-state index in [0.717, 1.165) is 16.2 Å². The first-order valence-electron chi connectivity index (χ1n) is 8.62. The summed E-state index contributed by atoms with van der Waals surface area (Å²) in [6.45, 7) is -1.37. The van der Waals surface area contributed by atoms with Crippen LogP contribution in [-0.4, -0.2) is 33.8 Å². The van der Waals surface area contributed by atoms with Crippen LogP contribution in [0, 0.1) is 0 Å². The molecule has 0 saturated heterocycles. The molecule has 4 aromatic rings. The molecule has 0 aliphatic rings. The van der Waals surface area contributed by atoms with Crippen molar-refractivity contribution in [2.24, 2.45) is 0 Å². The molecule has 0 aliphatic heterocycles. The molecule has 1 amide bonds. The zero-order chi connectivity index (χ0) is 21.1. The summed E-state index contributed by atoms with van der Waals surface area (Å²) in [5.74, 6) is 0.622. The van der Waals surface area contributed by atoms with Gasteiger partial charge in [0.25, 0.3) is 0 Å². The minimum atomic E-state index is -4.41. The standard InChI is InChI=1S/C18H13F3N4O3S2/c19-18(20,21)9-27-10-3-4-11-13(8-10)30-17(22-11)23-14(26)5-6-15-24-16(25-28-15)12-2-1-7-29-12/h1-4,7-8H,5-6,9H2,(H,22,23,26). The van der Waals surface area contributed by atoms with Gasteiger partial charge in [0.05, 0.1) is 15.1 Å². The molecule has 156 valence electrons. The molecule has 4 rings (SSSR count). The van der Waals surface area contributed by atoms with Crippen molar-refractivity contribution in [2.45, 2.75) is 19.0 Å². The Morgan fingerprint density at radius 3 is 2.87 bits per heavy atom. The average molecular weight is 454 g/mol. The van der Waals surface area contributed by atoms with Crippen LogP contribution in [-0.2, 0) is 11.2 Å². The number of carbonyl (C=O) groups is 1. The number of hydrogen-bond acceptors (Lipinski definition) is 8. The summed E-state index contributed by atoms with van der Waals surface area (Å²) in [5.41, 5.74) is 0.548. The van der Waals surface area contributed by atoms with Crippen LogP contribution in [0.5, 0.6) is 5.75 Å². The number of thiazole rings is 1. The van der Waals surface area contributed by atoms with Gasteiger partial charge in [0, 0.05) is 12.8 Å². The summed E-state index contributed by atoms with van der Waals surface area (Å²) in [7, 11) is 0. The van der Waals surface area contributed by atoms with Crippen LogP contribution in [0.4, 0.5) is 18.3 Å². The topological polar surface area (TPSA) is 90.1 Å². The maximum Gasteiger partial charge on any atom is 0.422 e. The van der Waals surface area contributed by atoms with Crippen molar-refractivity contribution in [1.29, 1.82) is 0 Å². The lowest BCUT2D eigenvalue weighted by atomic mass is 10.3. The summed E-state index contributed by atoms with van der Waals surface area (Å²) >= 11 is 2.63. The maximum atomic E-state index is 12.3. The number of alkyl halides is 3. The number of nitrogens with one attached hydrogen (secondary N) is 1. The number of halogens is 3. The Hall–Kier alpha value is -2.99. The molecule has 0 unspecified atom stereocenters. The lowest BCUT2D eigenvalue weighted by Crippen LogP contribution is -2.19. The minimum Gasteiger partial charge on any atom is -0.484 e. The van der Waals surface area contributed by atoms with Crippen LogP contribution in [0.25, 0.3) is 20.9 Å². The van der Waals surface area contributed by atoms with Crippen molar-refractivity contribution in [2.75, 3.05) is 11.9 Å². The molecule has 0 aliphatic carbocycles. The highest BCUT2D eigenvalue weighted by molar-refractivity contribution is 7.22. The molecule has 0 spiro atoms. The van der Waals surface area contributed by atoms with Crippen LogP contribution in [0.2, 0.25) is 0 Å². The van der Waals surface area contributed by atoms with E-state index < -0.39 is 12.8 Å². The molecule has 3 heterocycles. The van der Waals surface area contributed by atoms with E-state index >= 15 is 0 Å². The molecule has 0 radical (unpaired) electrons. The fourth-order valence-electron chi connectivity index (χ4n) is 2.48. The minimum absolute atomic E-state index is 0.0827. The van der Waals surface area contributed by atoms with Crippen LogP contribution >= 0.6 is 22.7 Å². The largest absolute Gasteiger partial charge is 0.484 e. The third kappa shape index (κ3) is 5.13. The number of fused-ring (bicyclic) bond motifs is 1. The number of amides is 1. The molecular formula is C18H13F3N4O3S2. The SMILES string of the molecule is O=C(CCc1nc(-c2cccs2)no1)Nc1nc2ccc(OCC(F)(F)F)cc2s1. The fourth-order valence-corrected chi connectivity index (χ4v) is 4.04. The van der Waals surface area contributed by atoms with Crippen molar-refractivity contribution in [3.63, 3.8) is 0 Å². The van der Waals surface area contributed by atoms with Gasteiger partial charge in [-0.1, -0.05) is 22.6 Å². The van der Waals surface area contributed by atoms with Crippen LogP contribution in [0.3, 0.4) is 0 Å². The molecular weight excluding hydrogens is 441 g/mol. The molecule has 1 aromatic carbocycles. The van der Waals surface area contributed by atoms with Crippen LogP contribution in [0.15, 0.2) is 40.2 Å². The third-order valence-corrected chi connectivity index (χ3v) is 5.58. The molecule has 0 atom stereocenters. The molecule has 0 saturated carbocycles. The van der Waals surface area contributed by atoms with Gasteiger partial charge in [-0.3, -0.25) is 4.79 Å². The predicted molar refractivity (Wildman–Crippen MR) is 106 cm³/mol.